The molecule has 0 bridgehead atoms. The van der Waals surface area contributed by atoms with Gasteiger partial charge in [-0.2, -0.15) is 0 Å². The van der Waals surface area contributed by atoms with Crippen LogP contribution >= 0.6 is 0 Å². The van der Waals surface area contributed by atoms with E-state index in [2.05, 4.69) is 0 Å². The van der Waals surface area contributed by atoms with E-state index in [0.717, 1.165) is 12.3 Å². The smallest absolute Gasteiger partial charge is 0.0568 e. The highest BCUT2D eigenvalue weighted by Crippen LogP contribution is 2.36. The summed E-state index contributed by atoms with van der Waals surface area (Å²) in [6.45, 7) is 0. The van der Waals surface area contributed by atoms with Crippen LogP contribution in [0.2, 0.25) is 0 Å². The lowest BCUT2D eigenvalue weighted by atomic mass is 9.83. The fraction of sp³-hybridized carbons (Fsp3) is 1.00. The molecule has 2 saturated carbocycles. The largest absolute Gasteiger partial charge is 0.393 e. The molecule has 0 aromatic heterocycles. The molecule has 2 unspecified atom stereocenters. The Labute approximate surface area is 81.5 Å². The van der Waals surface area contributed by atoms with Gasteiger partial charge in [-0.05, 0) is 31.1 Å². The van der Waals surface area contributed by atoms with Gasteiger partial charge in [-0.1, -0.05) is 38.5 Å². The zero-order chi connectivity index (χ0) is 9.10. The van der Waals surface area contributed by atoms with Crippen molar-refractivity contribution in [3.8, 4) is 0 Å². The molecule has 2 atom stereocenters. The second-order valence-corrected chi connectivity index (χ2v) is 4.99. The minimum Gasteiger partial charge on any atom is -0.393 e. The number of rotatable bonds is 4. The summed E-state index contributed by atoms with van der Waals surface area (Å²) < 4.78 is 0. The topological polar surface area (TPSA) is 20.2 Å². The normalized spacial score (nSPS) is 34.8. The van der Waals surface area contributed by atoms with E-state index in [1.165, 1.54) is 51.4 Å². The molecular formula is C12H22O. The summed E-state index contributed by atoms with van der Waals surface area (Å²) in [6, 6.07) is 0. The molecule has 0 heterocycles. The first-order valence-corrected chi connectivity index (χ1v) is 6.04. The molecule has 0 amide bonds. The van der Waals surface area contributed by atoms with Gasteiger partial charge < -0.3 is 5.11 Å². The second kappa shape index (κ2) is 4.45. The Morgan fingerprint density at radius 3 is 2.38 bits per heavy atom. The van der Waals surface area contributed by atoms with Gasteiger partial charge in [-0.15, -0.1) is 0 Å². The number of aliphatic hydroxyl groups excluding tert-OH is 1. The van der Waals surface area contributed by atoms with Crippen LogP contribution < -0.4 is 0 Å². The van der Waals surface area contributed by atoms with Gasteiger partial charge in [0.05, 0.1) is 6.10 Å². The Bertz CT molecular complexity index is 151. The standard InChI is InChI=1S/C12H22O/c13-12-7-2-1-5-11(12)6-3-4-10-8-9-10/h10-13H,1-9H2. The number of aliphatic hydroxyl groups is 1. The van der Waals surface area contributed by atoms with Crippen LogP contribution in [0.15, 0.2) is 0 Å². The zero-order valence-corrected chi connectivity index (χ0v) is 8.54. The van der Waals surface area contributed by atoms with E-state index in [-0.39, 0.29) is 6.10 Å². The lowest BCUT2D eigenvalue weighted by Gasteiger charge is -2.27. The molecular weight excluding hydrogens is 160 g/mol. The maximum absolute atomic E-state index is 9.75. The third-order valence-corrected chi connectivity index (χ3v) is 3.75. The first kappa shape index (κ1) is 9.51. The Morgan fingerprint density at radius 1 is 0.923 bits per heavy atom. The summed E-state index contributed by atoms with van der Waals surface area (Å²) in [6.07, 6.45) is 12.0. The molecule has 2 fully saturated rings. The fourth-order valence-corrected chi connectivity index (χ4v) is 2.60. The van der Waals surface area contributed by atoms with Crippen LogP contribution in [0, 0.1) is 11.8 Å². The molecule has 1 nitrogen and oxygen atoms in total. The molecule has 0 aromatic carbocycles. The average molecular weight is 182 g/mol. The van der Waals surface area contributed by atoms with Crippen molar-refractivity contribution in [2.45, 2.75) is 63.9 Å². The highest BCUT2D eigenvalue weighted by molar-refractivity contribution is 4.77. The van der Waals surface area contributed by atoms with Crippen molar-refractivity contribution in [1.29, 1.82) is 0 Å². The van der Waals surface area contributed by atoms with Crippen LogP contribution in [0.4, 0.5) is 0 Å². The van der Waals surface area contributed by atoms with Crippen molar-refractivity contribution >= 4 is 0 Å². The van der Waals surface area contributed by atoms with E-state index < -0.39 is 0 Å². The summed E-state index contributed by atoms with van der Waals surface area (Å²) in [5.41, 5.74) is 0. The van der Waals surface area contributed by atoms with Crippen molar-refractivity contribution in [2.75, 3.05) is 0 Å². The van der Waals surface area contributed by atoms with Gasteiger partial charge in [-0.25, -0.2) is 0 Å². The maximum atomic E-state index is 9.75. The molecule has 13 heavy (non-hydrogen) atoms. The Morgan fingerprint density at radius 2 is 1.69 bits per heavy atom. The van der Waals surface area contributed by atoms with E-state index in [9.17, 15) is 5.11 Å². The van der Waals surface area contributed by atoms with Crippen LogP contribution in [0.3, 0.4) is 0 Å². The average Bonchev–Trinajstić information content (AvgIpc) is 2.92. The van der Waals surface area contributed by atoms with Gasteiger partial charge in [0.1, 0.15) is 0 Å². The molecule has 0 saturated heterocycles. The van der Waals surface area contributed by atoms with E-state index in [1.54, 1.807) is 0 Å². The molecule has 1 N–H and O–H groups in total. The van der Waals surface area contributed by atoms with Crippen LogP contribution in [0.25, 0.3) is 0 Å². The molecule has 2 aliphatic carbocycles. The molecule has 1 heteroatoms. The van der Waals surface area contributed by atoms with Crippen LogP contribution in [-0.4, -0.2) is 11.2 Å². The van der Waals surface area contributed by atoms with Crippen LogP contribution in [0.5, 0.6) is 0 Å². The van der Waals surface area contributed by atoms with Gasteiger partial charge in [0.15, 0.2) is 0 Å². The molecule has 76 valence electrons. The van der Waals surface area contributed by atoms with E-state index in [1.807, 2.05) is 0 Å². The van der Waals surface area contributed by atoms with Gasteiger partial charge in [0.25, 0.3) is 0 Å². The molecule has 0 spiro atoms. The molecule has 0 aliphatic heterocycles. The Kier molecular flexibility index (Phi) is 3.26. The maximum Gasteiger partial charge on any atom is 0.0568 e. The number of hydrogen-bond acceptors (Lipinski definition) is 1. The van der Waals surface area contributed by atoms with Crippen molar-refractivity contribution in [3.63, 3.8) is 0 Å². The van der Waals surface area contributed by atoms with Crippen molar-refractivity contribution in [3.05, 3.63) is 0 Å². The quantitative estimate of drug-likeness (QED) is 0.708. The monoisotopic (exact) mass is 182 g/mol. The van der Waals surface area contributed by atoms with Crippen molar-refractivity contribution in [2.24, 2.45) is 11.8 Å². The molecule has 2 rings (SSSR count). The summed E-state index contributed by atoms with van der Waals surface area (Å²) >= 11 is 0. The molecule has 2 aliphatic rings. The predicted octanol–water partition coefficient (Wildman–Crippen LogP) is 3.12. The zero-order valence-electron chi connectivity index (χ0n) is 8.54. The first-order valence-electron chi connectivity index (χ1n) is 6.04. The van der Waals surface area contributed by atoms with Crippen LogP contribution in [0.1, 0.15) is 57.8 Å². The second-order valence-electron chi connectivity index (χ2n) is 4.99. The van der Waals surface area contributed by atoms with Gasteiger partial charge in [0, 0.05) is 0 Å². The first-order chi connectivity index (χ1) is 6.36. The van der Waals surface area contributed by atoms with E-state index >= 15 is 0 Å². The molecule has 0 aromatic rings. The van der Waals surface area contributed by atoms with Gasteiger partial charge in [0.2, 0.25) is 0 Å². The van der Waals surface area contributed by atoms with Gasteiger partial charge in [-0.3, -0.25) is 0 Å². The van der Waals surface area contributed by atoms with Crippen LogP contribution in [-0.2, 0) is 0 Å². The van der Waals surface area contributed by atoms with Crippen molar-refractivity contribution in [1.82, 2.24) is 0 Å². The highest BCUT2D eigenvalue weighted by Gasteiger charge is 2.24. The highest BCUT2D eigenvalue weighted by atomic mass is 16.3. The lowest BCUT2D eigenvalue weighted by molar-refractivity contribution is 0.0638. The lowest BCUT2D eigenvalue weighted by Crippen LogP contribution is -2.24. The summed E-state index contributed by atoms with van der Waals surface area (Å²) in [7, 11) is 0. The summed E-state index contributed by atoms with van der Waals surface area (Å²) in [5.74, 6) is 1.72. The summed E-state index contributed by atoms with van der Waals surface area (Å²) in [4.78, 5) is 0. The van der Waals surface area contributed by atoms with E-state index in [0.29, 0.717) is 5.92 Å². The predicted molar refractivity (Wildman–Crippen MR) is 54.5 cm³/mol. The van der Waals surface area contributed by atoms with Crippen molar-refractivity contribution < 1.29 is 5.11 Å². The number of hydrogen-bond donors (Lipinski definition) is 1. The fourth-order valence-electron chi connectivity index (χ4n) is 2.60. The Hall–Kier alpha value is -0.0400. The Balaban J connectivity index is 1.60. The minimum atomic E-state index is 0.0351. The van der Waals surface area contributed by atoms with Gasteiger partial charge >= 0.3 is 0 Å². The minimum absolute atomic E-state index is 0.0351. The third kappa shape index (κ3) is 2.98. The summed E-state index contributed by atoms with van der Waals surface area (Å²) in [5, 5.41) is 9.75. The third-order valence-electron chi connectivity index (χ3n) is 3.75. The van der Waals surface area contributed by atoms with E-state index in [4.69, 9.17) is 0 Å². The SMILES string of the molecule is OC1CCCCC1CCCC1CC1. The molecule has 0 radical (unpaired) electrons.